The van der Waals surface area contributed by atoms with Gasteiger partial charge in [0.05, 0.1) is 12.3 Å². The Bertz CT molecular complexity index is 402. The molecule has 0 saturated heterocycles. The number of ether oxygens (including phenoxy) is 1. The monoisotopic (exact) mass is 262 g/mol. The molecule has 0 bridgehead atoms. The van der Waals surface area contributed by atoms with Gasteiger partial charge < -0.3 is 15.8 Å². The third-order valence-corrected chi connectivity index (χ3v) is 3.65. The minimum Gasteiger partial charge on any atom is -0.491 e. The molecule has 0 radical (unpaired) electrons. The molecule has 1 aliphatic rings. The minimum atomic E-state index is 0.565. The summed E-state index contributed by atoms with van der Waals surface area (Å²) in [5.41, 5.74) is 7.77. The molecule has 3 heteroatoms. The van der Waals surface area contributed by atoms with Crippen LogP contribution in [0, 0.1) is 5.92 Å². The molecule has 2 rings (SSSR count). The number of hydrogen-bond donors (Lipinski definition) is 2. The van der Waals surface area contributed by atoms with E-state index in [1.54, 1.807) is 0 Å². The van der Waals surface area contributed by atoms with Crippen LogP contribution in [0.3, 0.4) is 0 Å². The van der Waals surface area contributed by atoms with Crippen molar-refractivity contribution in [3.05, 3.63) is 18.2 Å². The Hall–Kier alpha value is -1.38. The molecule has 3 nitrogen and oxygen atoms in total. The number of nitrogens with one attached hydrogen (secondary N) is 1. The topological polar surface area (TPSA) is 47.3 Å². The molecule has 1 aromatic carbocycles. The van der Waals surface area contributed by atoms with Gasteiger partial charge in [-0.2, -0.15) is 0 Å². The lowest BCUT2D eigenvalue weighted by Crippen LogP contribution is -2.19. The molecular formula is C16H26N2O. The van der Waals surface area contributed by atoms with Gasteiger partial charge in [0.15, 0.2) is 0 Å². The number of anilines is 2. The summed E-state index contributed by atoms with van der Waals surface area (Å²) in [5.74, 6) is 1.75. The van der Waals surface area contributed by atoms with E-state index in [0.717, 1.165) is 30.2 Å². The van der Waals surface area contributed by atoms with Crippen molar-refractivity contribution in [2.45, 2.75) is 52.0 Å². The van der Waals surface area contributed by atoms with Gasteiger partial charge in [0.25, 0.3) is 0 Å². The predicted molar refractivity (Wildman–Crippen MR) is 81.7 cm³/mol. The van der Waals surface area contributed by atoms with Crippen molar-refractivity contribution in [3.63, 3.8) is 0 Å². The SMILES string of the molecule is CCCOc1cc(NC(CC)CC2CC2)ccc1N. The Morgan fingerprint density at radius 3 is 2.79 bits per heavy atom. The molecule has 0 spiro atoms. The zero-order valence-electron chi connectivity index (χ0n) is 12.1. The Morgan fingerprint density at radius 2 is 2.16 bits per heavy atom. The third kappa shape index (κ3) is 4.34. The molecule has 1 saturated carbocycles. The highest BCUT2D eigenvalue weighted by Gasteiger charge is 2.24. The van der Waals surface area contributed by atoms with Gasteiger partial charge in [0.2, 0.25) is 0 Å². The van der Waals surface area contributed by atoms with Crippen molar-refractivity contribution in [1.82, 2.24) is 0 Å². The van der Waals surface area contributed by atoms with Gasteiger partial charge in [0, 0.05) is 17.8 Å². The largest absolute Gasteiger partial charge is 0.491 e. The van der Waals surface area contributed by atoms with E-state index in [1.165, 1.54) is 19.3 Å². The summed E-state index contributed by atoms with van der Waals surface area (Å²) in [6, 6.07) is 6.57. The summed E-state index contributed by atoms with van der Waals surface area (Å²) >= 11 is 0. The molecule has 1 unspecified atom stereocenters. The van der Waals surface area contributed by atoms with Crippen LogP contribution in [0.1, 0.15) is 46.0 Å². The van der Waals surface area contributed by atoms with Crippen LogP contribution in [-0.2, 0) is 0 Å². The Morgan fingerprint density at radius 1 is 1.37 bits per heavy atom. The number of benzene rings is 1. The summed E-state index contributed by atoms with van der Waals surface area (Å²) in [7, 11) is 0. The highest BCUT2D eigenvalue weighted by atomic mass is 16.5. The molecule has 0 aromatic heterocycles. The Kier molecular flexibility index (Phi) is 4.94. The van der Waals surface area contributed by atoms with Crippen LogP contribution in [0.25, 0.3) is 0 Å². The molecule has 106 valence electrons. The first-order chi connectivity index (χ1) is 9.22. The highest BCUT2D eigenvalue weighted by Crippen LogP contribution is 2.35. The minimum absolute atomic E-state index is 0.565. The number of nitrogens with two attached hydrogens (primary N) is 1. The molecular weight excluding hydrogens is 236 g/mol. The maximum Gasteiger partial charge on any atom is 0.144 e. The van der Waals surface area contributed by atoms with E-state index < -0.39 is 0 Å². The van der Waals surface area contributed by atoms with E-state index in [-0.39, 0.29) is 0 Å². The van der Waals surface area contributed by atoms with Gasteiger partial charge >= 0.3 is 0 Å². The molecule has 0 aliphatic heterocycles. The van der Waals surface area contributed by atoms with Crippen LogP contribution in [0.2, 0.25) is 0 Å². The van der Waals surface area contributed by atoms with Gasteiger partial charge in [-0.25, -0.2) is 0 Å². The van der Waals surface area contributed by atoms with Crippen LogP contribution in [-0.4, -0.2) is 12.6 Å². The van der Waals surface area contributed by atoms with Gasteiger partial charge in [0.1, 0.15) is 5.75 Å². The first-order valence-corrected chi connectivity index (χ1v) is 7.51. The first-order valence-electron chi connectivity index (χ1n) is 7.51. The van der Waals surface area contributed by atoms with E-state index in [1.807, 2.05) is 18.2 Å². The highest BCUT2D eigenvalue weighted by molar-refractivity contribution is 5.61. The summed E-state index contributed by atoms with van der Waals surface area (Å²) in [6.07, 6.45) is 6.25. The van der Waals surface area contributed by atoms with Crippen molar-refractivity contribution in [3.8, 4) is 5.75 Å². The second-order valence-electron chi connectivity index (χ2n) is 5.53. The lowest BCUT2D eigenvalue weighted by atomic mass is 10.1. The number of hydrogen-bond acceptors (Lipinski definition) is 3. The van der Waals surface area contributed by atoms with Crippen molar-refractivity contribution in [1.29, 1.82) is 0 Å². The van der Waals surface area contributed by atoms with Gasteiger partial charge in [-0.1, -0.05) is 26.7 Å². The maximum absolute atomic E-state index is 5.93. The Labute approximate surface area is 116 Å². The average Bonchev–Trinajstić information content (AvgIpc) is 3.22. The lowest BCUT2D eigenvalue weighted by molar-refractivity contribution is 0.319. The summed E-state index contributed by atoms with van der Waals surface area (Å²) in [5, 5.41) is 3.61. The smallest absolute Gasteiger partial charge is 0.144 e. The molecule has 1 aromatic rings. The molecule has 0 heterocycles. The van der Waals surface area contributed by atoms with Gasteiger partial charge in [-0.15, -0.1) is 0 Å². The van der Waals surface area contributed by atoms with Crippen molar-refractivity contribution in [2.24, 2.45) is 5.92 Å². The fourth-order valence-corrected chi connectivity index (χ4v) is 2.28. The van der Waals surface area contributed by atoms with Crippen LogP contribution in [0.4, 0.5) is 11.4 Å². The van der Waals surface area contributed by atoms with E-state index in [2.05, 4.69) is 19.2 Å². The van der Waals surface area contributed by atoms with Crippen molar-refractivity contribution in [2.75, 3.05) is 17.7 Å². The molecule has 19 heavy (non-hydrogen) atoms. The molecule has 1 fully saturated rings. The second-order valence-corrected chi connectivity index (χ2v) is 5.53. The standard InChI is InChI=1S/C16H26N2O/c1-3-9-19-16-11-14(7-8-15(16)17)18-13(4-2)10-12-5-6-12/h7-8,11-13,18H,3-6,9-10,17H2,1-2H3. The Balaban J connectivity index is 1.97. The zero-order valence-corrected chi connectivity index (χ0v) is 12.1. The lowest BCUT2D eigenvalue weighted by Gasteiger charge is -2.19. The zero-order chi connectivity index (χ0) is 13.7. The van der Waals surface area contributed by atoms with E-state index in [0.29, 0.717) is 18.3 Å². The first kappa shape index (κ1) is 14.0. The summed E-state index contributed by atoms with van der Waals surface area (Å²) in [4.78, 5) is 0. The van der Waals surface area contributed by atoms with Crippen LogP contribution >= 0.6 is 0 Å². The second kappa shape index (κ2) is 6.69. The predicted octanol–water partition coefficient (Wildman–Crippen LogP) is 4.05. The van der Waals surface area contributed by atoms with Crippen molar-refractivity contribution >= 4 is 11.4 Å². The molecule has 1 atom stereocenters. The number of rotatable bonds is 8. The van der Waals surface area contributed by atoms with E-state index >= 15 is 0 Å². The molecule has 1 aliphatic carbocycles. The van der Waals surface area contributed by atoms with E-state index in [9.17, 15) is 0 Å². The van der Waals surface area contributed by atoms with Crippen LogP contribution in [0.5, 0.6) is 5.75 Å². The van der Waals surface area contributed by atoms with E-state index in [4.69, 9.17) is 10.5 Å². The van der Waals surface area contributed by atoms with Gasteiger partial charge in [-0.3, -0.25) is 0 Å². The summed E-state index contributed by atoms with van der Waals surface area (Å²) < 4.78 is 5.67. The fraction of sp³-hybridized carbons (Fsp3) is 0.625. The normalized spacial score (nSPS) is 16.1. The van der Waals surface area contributed by atoms with Crippen LogP contribution < -0.4 is 15.8 Å². The summed E-state index contributed by atoms with van der Waals surface area (Å²) in [6.45, 7) is 5.06. The fourth-order valence-electron chi connectivity index (χ4n) is 2.28. The van der Waals surface area contributed by atoms with Crippen LogP contribution in [0.15, 0.2) is 18.2 Å². The quantitative estimate of drug-likeness (QED) is 0.695. The molecule has 3 N–H and O–H groups in total. The van der Waals surface area contributed by atoms with Gasteiger partial charge in [-0.05, 0) is 37.3 Å². The molecule has 0 amide bonds. The maximum atomic E-state index is 5.93. The average molecular weight is 262 g/mol. The number of nitrogen functional groups attached to an aromatic ring is 1. The third-order valence-electron chi connectivity index (χ3n) is 3.65. The van der Waals surface area contributed by atoms with Crippen molar-refractivity contribution < 1.29 is 4.74 Å².